The average molecular weight is 343 g/mol. The third kappa shape index (κ3) is 3.90. The van der Waals surface area contributed by atoms with Crippen LogP contribution in [0.1, 0.15) is 33.0 Å². The van der Waals surface area contributed by atoms with Gasteiger partial charge in [-0.15, -0.1) is 0 Å². The van der Waals surface area contributed by atoms with Gasteiger partial charge in [0.1, 0.15) is 29.9 Å². The number of hydrogen-bond acceptors (Lipinski definition) is 8. The van der Waals surface area contributed by atoms with Crippen molar-refractivity contribution in [1.82, 2.24) is 19.9 Å². The quantitative estimate of drug-likeness (QED) is 0.796. The summed E-state index contributed by atoms with van der Waals surface area (Å²) in [7, 11) is 0. The third-order valence-electron chi connectivity index (χ3n) is 4.16. The Labute approximate surface area is 148 Å². The number of aliphatic hydroxyl groups is 1. The van der Waals surface area contributed by atoms with E-state index in [0.29, 0.717) is 37.1 Å². The summed E-state index contributed by atoms with van der Waals surface area (Å²) < 4.78 is 8.11. The van der Waals surface area contributed by atoms with Gasteiger partial charge < -0.3 is 19.7 Å². The zero-order valence-corrected chi connectivity index (χ0v) is 14.3. The Bertz CT molecular complexity index is 788. The molecule has 3 heterocycles. The van der Waals surface area contributed by atoms with E-state index in [4.69, 9.17) is 1.37 Å². The van der Waals surface area contributed by atoms with E-state index in [1.54, 1.807) is 13.1 Å². The van der Waals surface area contributed by atoms with Crippen molar-refractivity contribution in [2.75, 3.05) is 29.4 Å². The summed E-state index contributed by atoms with van der Waals surface area (Å²) in [5.74, 6) is 2.16. The molecule has 1 aliphatic rings. The number of aromatic nitrogens is 4. The number of piperazine rings is 1. The molecule has 1 saturated heterocycles. The second-order valence-electron chi connectivity index (χ2n) is 6.06. The van der Waals surface area contributed by atoms with Crippen LogP contribution in [0.25, 0.3) is 0 Å². The number of hydrogen-bond donors (Lipinski definition) is 1. The first-order valence-corrected chi connectivity index (χ1v) is 8.28. The minimum Gasteiger partial charge on any atom is -0.385 e. The molecule has 8 nitrogen and oxygen atoms in total. The topological polar surface area (TPSA) is 95.3 Å². The Kier molecular flexibility index (Phi) is 4.78. The molecule has 2 atom stereocenters. The van der Waals surface area contributed by atoms with E-state index in [2.05, 4.69) is 36.7 Å². The van der Waals surface area contributed by atoms with E-state index in [-0.39, 0.29) is 18.5 Å². The van der Waals surface area contributed by atoms with Gasteiger partial charge in [0.15, 0.2) is 5.82 Å². The maximum Gasteiger partial charge on any atom is 0.158 e. The van der Waals surface area contributed by atoms with Crippen LogP contribution in [-0.4, -0.2) is 57.0 Å². The SMILES string of the molecule is [2H]c1cnc([C@@H](C)O)nc1N1CCN(c2ccnc(CC=O)n2)C[C@H]1C. The second kappa shape index (κ2) is 7.52. The van der Waals surface area contributed by atoms with Crippen molar-refractivity contribution >= 4 is 17.9 Å². The van der Waals surface area contributed by atoms with Gasteiger partial charge in [-0.3, -0.25) is 0 Å². The first kappa shape index (κ1) is 15.9. The van der Waals surface area contributed by atoms with Crippen molar-refractivity contribution in [3.63, 3.8) is 0 Å². The lowest BCUT2D eigenvalue weighted by Gasteiger charge is -2.41. The smallest absolute Gasteiger partial charge is 0.158 e. The van der Waals surface area contributed by atoms with Crippen LogP contribution in [0.15, 0.2) is 24.5 Å². The van der Waals surface area contributed by atoms with Crippen molar-refractivity contribution in [2.45, 2.75) is 32.4 Å². The van der Waals surface area contributed by atoms with E-state index in [9.17, 15) is 9.90 Å². The van der Waals surface area contributed by atoms with Crippen LogP contribution in [0.2, 0.25) is 0 Å². The summed E-state index contributed by atoms with van der Waals surface area (Å²) in [5, 5.41) is 9.71. The fourth-order valence-electron chi connectivity index (χ4n) is 2.89. The molecule has 0 aromatic carbocycles. The number of anilines is 2. The van der Waals surface area contributed by atoms with Gasteiger partial charge in [0.05, 0.1) is 7.79 Å². The van der Waals surface area contributed by atoms with Crippen molar-refractivity contribution in [3.8, 4) is 0 Å². The molecule has 0 aliphatic carbocycles. The first-order chi connectivity index (χ1) is 12.5. The molecular formula is C17H22N6O2. The van der Waals surface area contributed by atoms with E-state index < -0.39 is 6.10 Å². The number of aliphatic hydroxyl groups excluding tert-OH is 1. The monoisotopic (exact) mass is 343 g/mol. The maximum absolute atomic E-state index is 10.7. The molecule has 132 valence electrons. The zero-order chi connectivity index (χ0) is 18.7. The molecule has 0 amide bonds. The van der Waals surface area contributed by atoms with E-state index in [0.717, 1.165) is 12.1 Å². The van der Waals surface area contributed by atoms with Crippen LogP contribution < -0.4 is 9.80 Å². The first-order valence-electron chi connectivity index (χ1n) is 8.78. The molecular weight excluding hydrogens is 320 g/mol. The molecule has 0 radical (unpaired) electrons. The Balaban J connectivity index is 1.78. The van der Waals surface area contributed by atoms with Crippen molar-refractivity contribution in [1.29, 1.82) is 0 Å². The van der Waals surface area contributed by atoms with Crippen molar-refractivity contribution in [2.24, 2.45) is 0 Å². The summed E-state index contributed by atoms with van der Waals surface area (Å²) in [6.07, 6.45) is 3.32. The van der Waals surface area contributed by atoms with E-state index in [1.807, 2.05) is 6.07 Å². The lowest BCUT2D eigenvalue weighted by atomic mass is 10.2. The summed E-state index contributed by atoms with van der Waals surface area (Å²) >= 11 is 0. The highest BCUT2D eigenvalue weighted by Crippen LogP contribution is 2.22. The molecule has 25 heavy (non-hydrogen) atoms. The molecule has 0 bridgehead atoms. The van der Waals surface area contributed by atoms with Gasteiger partial charge in [-0.05, 0) is 26.0 Å². The largest absolute Gasteiger partial charge is 0.385 e. The van der Waals surface area contributed by atoms with Crippen LogP contribution in [0.5, 0.6) is 0 Å². The van der Waals surface area contributed by atoms with Gasteiger partial charge in [0.2, 0.25) is 0 Å². The van der Waals surface area contributed by atoms with Crippen LogP contribution in [0.4, 0.5) is 11.6 Å². The Morgan fingerprint density at radius 1 is 1.36 bits per heavy atom. The molecule has 3 rings (SSSR count). The van der Waals surface area contributed by atoms with Gasteiger partial charge in [0, 0.05) is 38.1 Å². The normalized spacial score (nSPS) is 19.5. The fraction of sp³-hybridized carbons (Fsp3) is 0.471. The van der Waals surface area contributed by atoms with Gasteiger partial charge in [-0.25, -0.2) is 19.9 Å². The molecule has 1 aliphatic heterocycles. The Morgan fingerprint density at radius 3 is 2.92 bits per heavy atom. The highest BCUT2D eigenvalue weighted by molar-refractivity contribution is 5.53. The van der Waals surface area contributed by atoms with Crippen molar-refractivity contribution < 1.29 is 11.3 Å². The Hall–Kier alpha value is -2.61. The minimum atomic E-state index is -0.775. The van der Waals surface area contributed by atoms with Crippen LogP contribution in [0.3, 0.4) is 0 Å². The highest BCUT2D eigenvalue weighted by Gasteiger charge is 2.26. The summed E-state index contributed by atoms with van der Waals surface area (Å²) in [4.78, 5) is 31.8. The van der Waals surface area contributed by atoms with Crippen LogP contribution in [0, 0.1) is 0 Å². The molecule has 0 spiro atoms. The van der Waals surface area contributed by atoms with Gasteiger partial charge in [-0.1, -0.05) is 0 Å². The molecule has 0 saturated carbocycles. The zero-order valence-electron chi connectivity index (χ0n) is 15.3. The number of carbonyl (C=O) groups is 1. The maximum atomic E-state index is 10.7. The highest BCUT2D eigenvalue weighted by atomic mass is 16.3. The number of aldehydes is 1. The average Bonchev–Trinajstić information content (AvgIpc) is 2.63. The standard InChI is InChI=1S/C17H22N6O2/c1-12-11-22(15-3-6-18-14(20-15)5-10-24)8-9-23(12)16-4-7-19-17(21-16)13(2)25/h3-4,6-7,10,12-13,25H,5,8-9,11H2,1-2H3/t12-,13-/m1/s1/i4D. The lowest BCUT2D eigenvalue weighted by molar-refractivity contribution is -0.107. The molecule has 0 unspecified atom stereocenters. The van der Waals surface area contributed by atoms with Gasteiger partial charge in [0.25, 0.3) is 0 Å². The molecule has 1 N–H and O–H groups in total. The second-order valence-corrected chi connectivity index (χ2v) is 6.06. The van der Waals surface area contributed by atoms with E-state index >= 15 is 0 Å². The predicted octanol–water partition coefficient (Wildman–Crippen LogP) is 0.776. The molecule has 2 aromatic heterocycles. The molecule has 2 aromatic rings. The lowest BCUT2D eigenvalue weighted by Crippen LogP contribution is -2.52. The molecule has 1 fully saturated rings. The summed E-state index contributed by atoms with van der Waals surface area (Å²) in [6.45, 7) is 5.73. The van der Waals surface area contributed by atoms with Crippen LogP contribution >= 0.6 is 0 Å². The van der Waals surface area contributed by atoms with E-state index in [1.165, 1.54) is 6.20 Å². The third-order valence-corrected chi connectivity index (χ3v) is 4.16. The minimum absolute atomic E-state index is 0.0917. The number of carbonyl (C=O) groups excluding carboxylic acids is 1. The van der Waals surface area contributed by atoms with Gasteiger partial charge in [-0.2, -0.15) is 0 Å². The molecule has 8 heteroatoms. The van der Waals surface area contributed by atoms with Crippen molar-refractivity contribution in [3.05, 3.63) is 36.2 Å². The predicted molar refractivity (Wildman–Crippen MR) is 93.5 cm³/mol. The number of rotatable bonds is 5. The van der Waals surface area contributed by atoms with Gasteiger partial charge >= 0.3 is 0 Å². The summed E-state index contributed by atoms with van der Waals surface area (Å²) in [5.41, 5.74) is 0. The number of nitrogens with zero attached hydrogens (tertiary/aromatic N) is 6. The van der Waals surface area contributed by atoms with Crippen LogP contribution in [-0.2, 0) is 11.2 Å². The fourth-order valence-corrected chi connectivity index (χ4v) is 2.89. The summed E-state index contributed by atoms with van der Waals surface area (Å²) in [6, 6.07) is 2.17. The Morgan fingerprint density at radius 2 is 2.20 bits per heavy atom.